The van der Waals surface area contributed by atoms with Gasteiger partial charge in [-0.15, -0.1) is 0 Å². The lowest BCUT2D eigenvalue weighted by Gasteiger charge is -2.28. The molecule has 0 N–H and O–H groups in total. The zero-order valence-corrected chi connectivity index (χ0v) is 18.3. The normalized spacial score (nSPS) is 12.5. The van der Waals surface area contributed by atoms with Gasteiger partial charge < -0.3 is 9.64 Å². The maximum absolute atomic E-state index is 13.9. The van der Waals surface area contributed by atoms with Crippen LogP contribution in [0.15, 0.2) is 36.4 Å². The molecule has 0 spiro atoms. The predicted molar refractivity (Wildman–Crippen MR) is 116 cm³/mol. The van der Waals surface area contributed by atoms with E-state index in [0.29, 0.717) is 19.4 Å². The number of nitrogens with zero attached hydrogens (tertiary/aromatic N) is 1. The van der Waals surface area contributed by atoms with Crippen LogP contribution in [0.25, 0.3) is 0 Å². The quantitative estimate of drug-likeness (QED) is 0.388. The molecule has 160 valence electrons. The zero-order chi connectivity index (χ0) is 21.2. The van der Waals surface area contributed by atoms with Crippen molar-refractivity contribution in [1.29, 1.82) is 0 Å². The number of rotatable bonds is 12. The topological polar surface area (TPSA) is 12.5 Å². The summed E-state index contributed by atoms with van der Waals surface area (Å²) in [6.07, 6.45) is 2.99. The molecule has 2 aromatic rings. The summed E-state index contributed by atoms with van der Waals surface area (Å²) in [7, 11) is 0. The highest BCUT2D eigenvalue weighted by atomic mass is 19.1. The highest BCUT2D eigenvalue weighted by Gasteiger charge is 2.20. The lowest BCUT2D eigenvalue weighted by molar-refractivity contribution is 0.0247. The number of likely N-dealkylation sites (N-methyl/N-ethyl adjacent to an activating group) is 1. The molecule has 0 saturated heterocycles. The van der Waals surface area contributed by atoms with E-state index in [1.165, 1.54) is 34.9 Å². The van der Waals surface area contributed by atoms with Gasteiger partial charge in [-0.2, -0.15) is 0 Å². The molecule has 29 heavy (non-hydrogen) atoms. The summed E-state index contributed by atoms with van der Waals surface area (Å²) in [6.45, 7) is 11.9. The number of ether oxygens (including phenoxy) is 1. The van der Waals surface area contributed by atoms with Crippen LogP contribution in [0.3, 0.4) is 0 Å². The molecule has 0 aliphatic heterocycles. The first-order valence-corrected chi connectivity index (χ1v) is 10.9. The third-order valence-electron chi connectivity index (χ3n) is 5.53. The van der Waals surface area contributed by atoms with Crippen LogP contribution in [-0.2, 0) is 17.6 Å². The standard InChI is InChI=1S/C25H35F2NO/c1-5-11-20-13-8-12-19(4)25(20)24(18-28(6-2)7-3)29-17-10-14-21-22(26)15-9-16-23(21)27/h8-9,12-13,15-16,24H,5-7,10-11,14,17-18H2,1-4H3. The van der Waals surface area contributed by atoms with Crippen LogP contribution >= 0.6 is 0 Å². The Morgan fingerprint density at radius 1 is 0.931 bits per heavy atom. The average molecular weight is 404 g/mol. The highest BCUT2D eigenvalue weighted by molar-refractivity contribution is 5.37. The number of aryl methyl sites for hydroxylation is 2. The van der Waals surface area contributed by atoms with E-state index in [4.69, 9.17) is 4.74 Å². The first-order chi connectivity index (χ1) is 14.0. The molecule has 0 amide bonds. The second-order valence-electron chi connectivity index (χ2n) is 7.55. The molecule has 0 heterocycles. The van der Waals surface area contributed by atoms with E-state index in [0.717, 1.165) is 32.5 Å². The predicted octanol–water partition coefficient (Wildman–Crippen LogP) is 6.26. The second kappa shape index (κ2) is 12.0. The SMILES string of the molecule is CCCc1cccc(C)c1C(CN(CC)CC)OCCCc1c(F)cccc1F. The third-order valence-corrected chi connectivity index (χ3v) is 5.53. The van der Waals surface area contributed by atoms with Gasteiger partial charge in [0, 0.05) is 18.7 Å². The minimum absolute atomic E-state index is 0.0388. The molecule has 1 unspecified atom stereocenters. The Bertz CT molecular complexity index is 738. The fourth-order valence-electron chi connectivity index (χ4n) is 3.88. The minimum Gasteiger partial charge on any atom is -0.372 e. The Morgan fingerprint density at radius 2 is 1.59 bits per heavy atom. The average Bonchev–Trinajstić information content (AvgIpc) is 2.70. The van der Waals surface area contributed by atoms with E-state index in [2.05, 4.69) is 50.8 Å². The Labute approximate surface area is 174 Å². The van der Waals surface area contributed by atoms with Gasteiger partial charge in [-0.25, -0.2) is 8.78 Å². The van der Waals surface area contributed by atoms with Crippen LogP contribution in [0, 0.1) is 18.6 Å². The van der Waals surface area contributed by atoms with Gasteiger partial charge >= 0.3 is 0 Å². The first kappa shape index (κ1) is 23.5. The molecule has 0 radical (unpaired) electrons. The molecule has 0 fully saturated rings. The van der Waals surface area contributed by atoms with Crippen molar-refractivity contribution in [3.8, 4) is 0 Å². The Morgan fingerprint density at radius 3 is 2.21 bits per heavy atom. The zero-order valence-electron chi connectivity index (χ0n) is 18.3. The van der Waals surface area contributed by atoms with Gasteiger partial charge in [0.1, 0.15) is 11.6 Å². The van der Waals surface area contributed by atoms with Gasteiger partial charge in [0.25, 0.3) is 0 Å². The Balaban J connectivity index is 2.13. The van der Waals surface area contributed by atoms with E-state index in [1.54, 1.807) is 0 Å². The van der Waals surface area contributed by atoms with Crippen LogP contribution in [-0.4, -0.2) is 31.1 Å². The van der Waals surface area contributed by atoms with E-state index in [1.807, 2.05) is 0 Å². The summed E-state index contributed by atoms with van der Waals surface area (Å²) >= 11 is 0. The van der Waals surface area contributed by atoms with Gasteiger partial charge in [-0.1, -0.05) is 51.5 Å². The number of hydrogen-bond acceptors (Lipinski definition) is 2. The van der Waals surface area contributed by atoms with Gasteiger partial charge in [0.2, 0.25) is 0 Å². The highest BCUT2D eigenvalue weighted by Crippen LogP contribution is 2.28. The van der Waals surface area contributed by atoms with Gasteiger partial charge in [0.05, 0.1) is 6.10 Å². The Hall–Kier alpha value is -1.78. The molecule has 4 heteroatoms. The van der Waals surface area contributed by atoms with Gasteiger partial charge in [-0.05, 0) is 68.1 Å². The summed E-state index contributed by atoms with van der Waals surface area (Å²) in [5, 5.41) is 0. The van der Waals surface area contributed by atoms with Crippen molar-refractivity contribution in [2.24, 2.45) is 0 Å². The van der Waals surface area contributed by atoms with Crippen molar-refractivity contribution in [2.45, 2.75) is 59.5 Å². The number of benzene rings is 2. The van der Waals surface area contributed by atoms with Crippen molar-refractivity contribution in [3.05, 3.63) is 70.3 Å². The lowest BCUT2D eigenvalue weighted by Crippen LogP contribution is -2.30. The third kappa shape index (κ3) is 6.61. The van der Waals surface area contributed by atoms with Crippen molar-refractivity contribution in [1.82, 2.24) is 4.90 Å². The fraction of sp³-hybridized carbons (Fsp3) is 0.520. The second-order valence-corrected chi connectivity index (χ2v) is 7.55. The summed E-state index contributed by atoms with van der Waals surface area (Å²) < 4.78 is 34.1. The first-order valence-electron chi connectivity index (χ1n) is 10.9. The van der Waals surface area contributed by atoms with Crippen molar-refractivity contribution in [3.63, 3.8) is 0 Å². The molecule has 0 aliphatic carbocycles. The van der Waals surface area contributed by atoms with E-state index < -0.39 is 11.6 Å². The minimum atomic E-state index is -0.478. The summed E-state index contributed by atoms with van der Waals surface area (Å²) in [4.78, 5) is 2.36. The lowest BCUT2D eigenvalue weighted by atomic mass is 9.94. The van der Waals surface area contributed by atoms with Crippen LogP contribution in [0.5, 0.6) is 0 Å². The van der Waals surface area contributed by atoms with Crippen LogP contribution in [0.1, 0.15) is 62.0 Å². The maximum atomic E-state index is 13.9. The Kier molecular flexibility index (Phi) is 9.75. The van der Waals surface area contributed by atoms with Gasteiger partial charge in [0.15, 0.2) is 0 Å². The smallest absolute Gasteiger partial charge is 0.129 e. The fourth-order valence-corrected chi connectivity index (χ4v) is 3.88. The van der Waals surface area contributed by atoms with Crippen molar-refractivity contribution < 1.29 is 13.5 Å². The number of halogens is 2. The van der Waals surface area contributed by atoms with Gasteiger partial charge in [-0.3, -0.25) is 0 Å². The molecule has 0 aliphatic rings. The monoisotopic (exact) mass is 403 g/mol. The summed E-state index contributed by atoms with van der Waals surface area (Å²) in [5.74, 6) is -0.956. The van der Waals surface area contributed by atoms with E-state index in [-0.39, 0.29) is 11.7 Å². The molecule has 2 aromatic carbocycles. The molecule has 2 rings (SSSR count). The van der Waals surface area contributed by atoms with Crippen LogP contribution < -0.4 is 0 Å². The molecular formula is C25H35F2NO. The molecule has 0 aromatic heterocycles. The van der Waals surface area contributed by atoms with Crippen LogP contribution in [0.2, 0.25) is 0 Å². The van der Waals surface area contributed by atoms with Crippen LogP contribution in [0.4, 0.5) is 8.78 Å². The number of hydrogen-bond donors (Lipinski definition) is 0. The largest absolute Gasteiger partial charge is 0.372 e. The molecule has 1 atom stereocenters. The molecule has 0 saturated carbocycles. The van der Waals surface area contributed by atoms with Crippen molar-refractivity contribution in [2.75, 3.05) is 26.2 Å². The summed E-state index contributed by atoms with van der Waals surface area (Å²) in [6, 6.07) is 10.5. The van der Waals surface area contributed by atoms with Crippen molar-refractivity contribution >= 4 is 0 Å². The molecule has 0 bridgehead atoms. The van der Waals surface area contributed by atoms with E-state index >= 15 is 0 Å². The van der Waals surface area contributed by atoms with E-state index in [9.17, 15) is 8.78 Å². The maximum Gasteiger partial charge on any atom is 0.129 e. The molecule has 2 nitrogen and oxygen atoms in total. The summed E-state index contributed by atoms with van der Waals surface area (Å²) in [5.41, 5.74) is 4.01. The molecular weight excluding hydrogens is 368 g/mol.